The number of ether oxygens (including phenoxy) is 1. The van der Waals surface area contributed by atoms with Gasteiger partial charge in [0.1, 0.15) is 11.2 Å². The van der Waals surface area contributed by atoms with E-state index in [1.54, 1.807) is 4.68 Å². The summed E-state index contributed by atoms with van der Waals surface area (Å²) < 4.78 is 9.26. The topological polar surface area (TPSA) is 63.4 Å². The second-order valence-corrected chi connectivity index (χ2v) is 6.86. The molecular weight excluding hydrogens is 428 g/mol. The number of benzene rings is 1. The van der Waals surface area contributed by atoms with Crippen molar-refractivity contribution in [3.8, 4) is 0 Å². The molecule has 0 radical (unpaired) electrons. The third-order valence-corrected chi connectivity index (χ3v) is 4.34. The second-order valence-electron chi connectivity index (χ2n) is 4.98. The van der Waals surface area contributed by atoms with Gasteiger partial charge in [-0.15, -0.1) is 5.10 Å². The number of halogens is 2. The van der Waals surface area contributed by atoms with Crippen LogP contribution in [0.1, 0.15) is 6.42 Å². The molecular formula is C15H14Br2N4O2. The lowest BCUT2D eigenvalue weighted by molar-refractivity contribution is -0.126. The van der Waals surface area contributed by atoms with Crippen molar-refractivity contribution in [3.05, 3.63) is 51.1 Å². The normalized spacial score (nSPS) is 15.7. The van der Waals surface area contributed by atoms with Gasteiger partial charge in [0.2, 0.25) is 0 Å². The highest BCUT2D eigenvalue weighted by atomic mass is 79.9. The minimum atomic E-state index is 0.0276. The molecule has 23 heavy (non-hydrogen) atoms. The van der Waals surface area contributed by atoms with Crippen molar-refractivity contribution in [2.75, 3.05) is 13.8 Å². The van der Waals surface area contributed by atoms with Crippen LogP contribution in [0.2, 0.25) is 0 Å². The predicted molar refractivity (Wildman–Crippen MR) is 94.9 cm³/mol. The molecule has 0 spiro atoms. The van der Waals surface area contributed by atoms with E-state index < -0.39 is 0 Å². The van der Waals surface area contributed by atoms with Crippen LogP contribution in [0.5, 0.6) is 0 Å². The molecule has 0 fully saturated rings. The van der Waals surface area contributed by atoms with Crippen LogP contribution >= 0.6 is 31.9 Å². The molecule has 0 unspecified atom stereocenters. The smallest absolute Gasteiger partial charge is 0.163 e. The van der Waals surface area contributed by atoms with Gasteiger partial charge in [0.25, 0.3) is 0 Å². The maximum Gasteiger partial charge on any atom is 0.163 e. The van der Waals surface area contributed by atoms with Crippen LogP contribution in [0.4, 0.5) is 0 Å². The van der Waals surface area contributed by atoms with E-state index in [2.05, 4.69) is 42.2 Å². The molecule has 1 aliphatic carbocycles. The molecule has 0 saturated carbocycles. The zero-order valence-electron chi connectivity index (χ0n) is 12.3. The lowest BCUT2D eigenvalue weighted by atomic mass is 10.2. The van der Waals surface area contributed by atoms with Gasteiger partial charge in [-0.1, -0.05) is 33.3 Å². The quantitative estimate of drug-likeness (QED) is 0.576. The first-order valence-corrected chi connectivity index (χ1v) is 8.45. The van der Waals surface area contributed by atoms with E-state index in [0.29, 0.717) is 12.2 Å². The van der Waals surface area contributed by atoms with Crippen molar-refractivity contribution in [3.63, 3.8) is 0 Å². The SMILES string of the molecule is CN(O)COC1=C(Br)C=C(Br)CC=C1n1nnc2ccccc21. The highest BCUT2D eigenvalue weighted by Gasteiger charge is 2.20. The summed E-state index contributed by atoms with van der Waals surface area (Å²) in [4.78, 5) is 0. The largest absolute Gasteiger partial charge is 0.473 e. The lowest BCUT2D eigenvalue weighted by Gasteiger charge is -2.17. The molecule has 0 bridgehead atoms. The molecule has 120 valence electrons. The Labute approximate surface area is 149 Å². The number of fused-ring (bicyclic) bond motifs is 1. The highest BCUT2D eigenvalue weighted by molar-refractivity contribution is 9.12. The first-order chi connectivity index (χ1) is 11.1. The number of rotatable bonds is 4. The Morgan fingerprint density at radius 3 is 2.91 bits per heavy atom. The fourth-order valence-electron chi connectivity index (χ4n) is 2.20. The fraction of sp³-hybridized carbons (Fsp3) is 0.200. The average Bonchev–Trinajstić information content (AvgIpc) is 2.87. The third-order valence-electron chi connectivity index (χ3n) is 3.20. The van der Waals surface area contributed by atoms with Crippen LogP contribution in [0, 0.1) is 0 Å². The molecule has 3 rings (SSSR count). The van der Waals surface area contributed by atoms with Crippen molar-refractivity contribution in [1.82, 2.24) is 20.1 Å². The Hall–Kier alpha value is -1.48. The molecule has 1 aromatic carbocycles. The van der Waals surface area contributed by atoms with Crippen molar-refractivity contribution in [1.29, 1.82) is 0 Å². The van der Waals surface area contributed by atoms with E-state index in [4.69, 9.17) is 4.74 Å². The Balaban J connectivity index is 2.09. The molecule has 8 heteroatoms. The second kappa shape index (κ2) is 6.96. The predicted octanol–water partition coefficient (Wildman–Crippen LogP) is 3.86. The number of hydrogen-bond acceptors (Lipinski definition) is 5. The zero-order valence-corrected chi connectivity index (χ0v) is 15.5. The molecule has 1 N–H and O–H groups in total. The molecule has 0 aliphatic heterocycles. The molecule has 6 nitrogen and oxygen atoms in total. The standard InChI is InChI=1S/C15H14Br2N4O2/c1-20(22)9-23-15-11(17)8-10(16)6-7-14(15)21-13-5-3-2-4-12(13)18-19-21/h2-5,7-8,22H,6,9H2,1H3. The van der Waals surface area contributed by atoms with Crippen molar-refractivity contribution in [2.24, 2.45) is 0 Å². The van der Waals surface area contributed by atoms with Gasteiger partial charge < -0.3 is 9.94 Å². The molecule has 1 aromatic heterocycles. The Morgan fingerprint density at radius 2 is 2.13 bits per heavy atom. The summed E-state index contributed by atoms with van der Waals surface area (Å²) in [7, 11) is 1.52. The number of allylic oxidation sites excluding steroid dienone is 5. The summed E-state index contributed by atoms with van der Waals surface area (Å²) >= 11 is 7.05. The minimum Gasteiger partial charge on any atom is -0.473 e. The molecule has 0 amide bonds. The number of hydrogen-bond donors (Lipinski definition) is 1. The zero-order chi connectivity index (χ0) is 16.4. The minimum absolute atomic E-state index is 0.0276. The van der Waals surface area contributed by atoms with Gasteiger partial charge in [0.05, 0.1) is 10.00 Å². The van der Waals surface area contributed by atoms with Crippen LogP contribution in [-0.4, -0.2) is 39.0 Å². The first kappa shape index (κ1) is 16.4. The maximum absolute atomic E-state index is 9.37. The first-order valence-electron chi connectivity index (χ1n) is 6.86. The van der Waals surface area contributed by atoms with E-state index in [-0.39, 0.29) is 6.73 Å². The molecule has 1 heterocycles. The summed E-state index contributed by atoms with van der Waals surface area (Å²) in [6.07, 6.45) is 4.62. The summed E-state index contributed by atoms with van der Waals surface area (Å²) in [6.45, 7) is 0.0276. The Kier molecular flexibility index (Phi) is 4.96. The van der Waals surface area contributed by atoms with E-state index in [9.17, 15) is 5.21 Å². The number of para-hydroxylation sites is 1. The molecule has 0 saturated heterocycles. The van der Waals surface area contributed by atoms with Crippen molar-refractivity contribution in [2.45, 2.75) is 6.42 Å². The van der Waals surface area contributed by atoms with Gasteiger partial charge in [0, 0.05) is 11.5 Å². The van der Waals surface area contributed by atoms with E-state index in [1.807, 2.05) is 36.4 Å². The van der Waals surface area contributed by atoms with Gasteiger partial charge in [-0.05, 0) is 46.6 Å². The van der Waals surface area contributed by atoms with Gasteiger partial charge in [-0.25, -0.2) is 4.68 Å². The fourth-order valence-corrected chi connectivity index (χ4v) is 3.49. The molecule has 0 atom stereocenters. The molecule has 2 aromatic rings. The van der Waals surface area contributed by atoms with Crippen LogP contribution in [0.3, 0.4) is 0 Å². The van der Waals surface area contributed by atoms with E-state index in [1.165, 1.54) is 7.05 Å². The summed E-state index contributed by atoms with van der Waals surface area (Å²) in [5, 5.41) is 18.8. The number of hydroxylamine groups is 2. The van der Waals surface area contributed by atoms with Gasteiger partial charge in [0.15, 0.2) is 12.5 Å². The van der Waals surface area contributed by atoms with Gasteiger partial charge >= 0.3 is 0 Å². The van der Waals surface area contributed by atoms with Gasteiger partial charge in [-0.2, -0.15) is 5.06 Å². The van der Waals surface area contributed by atoms with Crippen LogP contribution < -0.4 is 0 Å². The summed E-state index contributed by atoms with van der Waals surface area (Å²) in [6, 6.07) is 7.72. The van der Waals surface area contributed by atoms with Crippen molar-refractivity contribution < 1.29 is 9.94 Å². The summed E-state index contributed by atoms with van der Waals surface area (Å²) in [5.74, 6) is 0.580. The highest BCUT2D eigenvalue weighted by Crippen LogP contribution is 2.33. The van der Waals surface area contributed by atoms with Crippen molar-refractivity contribution >= 4 is 48.6 Å². The van der Waals surface area contributed by atoms with E-state index >= 15 is 0 Å². The van der Waals surface area contributed by atoms with Crippen LogP contribution in [-0.2, 0) is 4.74 Å². The Bertz CT molecular complexity index is 824. The maximum atomic E-state index is 9.37. The van der Waals surface area contributed by atoms with Crippen LogP contribution in [0.25, 0.3) is 16.7 Å². The summed E-state index contributed by atoms with van der Waals surface area (Å²) in [5.41, 5.74) is 2.45. The average molecular weight is 442 g/mol. The number of nitrogens with zero attached hydrogens (tertiary/aromatic N) is 4. The molecule has 1 aliphatic rings. The lowest BCUT2D eigenvalue weighted by Crippen LogP contribution is -2.18. The van der Waals surface area contributed by atoms with E-state index in [0.717, 1.165) is 30.8 Å². The van der Waals surface area contributed by atoms with Crippen LogP contribution in [0.15, 0.2) is 51.1 Å². The Morgan fingerprint density at radius 1 is 1.35 bits per heavy atom. The monoisotopic (exact) mass is 440 g/mol. The third kappa shape index (κ3) is 3.55. The number of aromatic nitrogens is 3. The van der Waals surface area contributed by atoms with Gasteiger partial charge in [-0.3, -0.25) is 0 Å².